The van der Waals surface area contributed by atoms with E-state index in [1.807, 2.05) is 20.8 Å². The van der Waals surface area contributed by atoms with Gasteiger partial charge in [-0.05, 0) is 39.0 Å². The molecule has 0 fully saturated rings. The molecule has 1 aromatic carbocycles. The van der Waals surface area contributed by atoms with E-state index in [0.29, 0.717) is 17.1 Å². The molecule has 1 heterocycles. The molecular formula is C15H18BrNO4. The van der Waals surface area contributed by atoms with Crippen molar-refractivity contribution in [2.45, 2.75) is 32.4 Å². The van der Waals surface area contributed by atoms with Gasteiger partial charge < -0.3 is 14.8 Å². The summed E-state index contributed by atoms with van der Waals surface area (Å²) in [6, 6.07) is 4.94. The molecule has 1 aliphatic heterocycles. The maximum Gasteiger partial charge on any atom is 0.251 e. The molecule has 0 aliphatic carbocycles. The van der Waals surface area contributed by atoms with E-state index in [9.17, 15) is 9.59 Å². The van der Waals surface area contributed by atoms with Crippen LogP contribution in [0.2, 0.25) is 0 Å². The van der Waals surface area contributed by atoms with Crippen molar-refractivity contribution in [2.75, 3.05) is 11.9 Å². The third-order valence-electron chi connectivity index (χ3n) is 2.84. The zero-order valence-electron chi connectivity index (χ0n) is 12.2. The maximum atomic E-state index is 12.1. The van der Waals surface area contributed by atoms with Crippen molar-refractivity contribution in [3.8, 4) is 11.5 Å². The minimum absolute atomic E-state index is 0.0739. The fourth-order valence-electron chi connectivity index (χ4n) is 1.87. The predicted molar refractivity (Wildman–Crippen MR) is 82.4 cm³/mol. The summed E-state index contributed by atoms with van der Waals surface area (Å²) in [6.07, 6.45) is -0.605. The first-order valence-electron chi connectivity index (χ1n) is 6.65. The number of rotatable bonds is 3. The normalized spacial score (nSPS) is 17.2. The van der Waals surface area contributed by atoms with Crippen molar-refractivity contribution in [1.29, 1.82) is 0 Å². The van der Waals surface area contributed by atoms with Crippen molar-refractivity contribution < 1.29 is 19.1 Å². The number of Topliss-reactive ketones (excluding diaryl/α,β-unsaturated/α-hetero) is 1. The summed E-state index contributed by atoms with van der Waals surface area (Å²) in [4.78, 5) is 23.7. The molecule has 0 saturated carbocycles. The van der Waals surface area contributed by atoms with E-state index in [1.165, 1.54) is 0 Å². The molecule has 1 aromatic rings. The summed E-state index contributed by atoms with van der Waals surface area (Å²) in [5.41, 5.74) is 0.190. The van der Waals surface area contributed by atoms with Gasteiger partial charge in [-0.3, -0.25) is 9.59 Å². The van der Waals surface area contributed by atoms with Gasteiger partial charge in [-0.1, -0.05) is 15.9 Å². The van der Waals surface area contributed by atoms with Crippen molar-refractivity contribution in [3.63, 3.8) is 0 Å². The van der Waals surface area contributed by atoms with Gasteiger partial charge in [0.05, 0.1) is 5.33 Å². The second kappa shape index (κ2) is 6.05. The summed E-state index contributed by atoms with van der Waals surface area (Å²) in [7, 11) is 0. The van der Waals surface area contributed by atoms with E-state index in [2.05, 4.69) is 21.2 Å². The second-order valence-corrected chi connectivity index (χ2v) is 6.44. The Morgan fingerprint density at radius 2 is 2.05 bits per heavy atom. The van der Waals surface area contributed by atoms with Crippen LogP contribution in [0.3, 0.4) is 0 Å². The zero-order chi connectivity index (χ0) is 15.6. The first-order valence-corrected chi connectivity index (χ1v) is 7.77. The Morgan fingerprint density at radius 3 is 2.67 bits per heavy atom. The van der Waals surface area contributed by atoms with Crippen LogP contribution in [0.15, 0.2) is 18.2 Å². The number of fused-ring (bicyclic) bond motifs is 1. The van der Waals surface area contributed by atoms with Gasteiger partial charge in [0.15, 0.2) is 23.4 Å². The first kappa shape index (κ1) is 15.8. The van der Waals surface area contributed by atoms with Crippen LogP contribution in [0.5, 0.6) is 11.5 Å². The molecular weight excluding hydrogens is 338 g/mol. The fraction of sp³-hybridized carbons (Fsp3) is 0.467. The van der Waals surface area contributed by atoms with Crippen molar-refractivity contribution >= 4 is 27.6 Å². The Kier molecular flexibility index (Phi) is 4.56. The number of nitrogens with one attached hydrogen (secondary N) is 1. The Balaban J connectivity index is 2.15. The number of ketones is 1. The van der Waals surface area contributed by atoms with Crippen LogP contribution >= 0.6 is 15.9 Å². The van der Waals surface area contributed by atoms with Crippen LogP contribution in [0, 0.1) is 0 Å². The first-order chi connectivity index (χ1) is 9.80. The molecule has 114 valence electrons. The maximum absolute atomic E-state index is 12.1. The van der Waals surface area contributed by atoms with E-state index in [1.54, 1.807) is 18.2 Å². The van der Waals surface area contributed by atoms with Crippen LogP contribution in [-0.2, 0) is 4.79 Å². The third kappa shape index (κ3) is 3.97. The molecule has 5 nitrogen and oxygen atoms in total. The highest BCUT2D eigenvalue weighted by Gasteiger charge is 2.27. The minimum Gasteiger partial charge on any atom is -0.485 e. The number of benzene rings is 1. The molecule has 2 rings (SSSR count). The van der Waals surface area contributed by atoms with Gasteiger partial charge in [0.2, 0.25) is 0 Å². The Bertz CT molecular complexity index is 565. The number of halogens is 1. The van der Waals surface area contributed by atoms with Crippen molar-refractivity contribution in [2.24, 2.45) is 0 Å². The lowest BCUT2D eigenvalue weighted by Gasteiger charge is -2.26. The van der Waals surface area contributed by atoms with Gasteiger partial charge in [0.25, 0.3) is 5.91 Å². The molecule has 1 unspecified atom stereocenters. The topological polar surface area (TPSA) is 64.6 Å². The number of hydrogen-bond acceptors (Lipinski definition) is 4. The Hall–Kier alpha value is -1.56. The Labute approximate surface area is 132 Å². The third-order valence-corrected chi connectivity index (χ3v) is 3.40. The van der Waals surface area contributed by atoms with E-state index in [0.717, 1.165) is 0 Å². The molecule has 0 spiro atoms. The van der Waals surface area contributed by atoms with Crippen LogP contribution in [0.25, 0.3) is 0 Å². The average molecular weight is 356 g/mol. The molecule has 1 amide bonds. The van der Waals surface area contributed by atoms with Crippen LogP contribution in [-0.4, -0.2) is 35.3 Å². The van der Waals surface area contributed by atoms with Crippen molar-refractivity contribution in [3.05, 3.63) is 23.8 Å². The zero-order valence-corrected chi connectivity index (χ0v) is 13.8. The SMILES string of the molecule is CC(C)(C)NC(=O)c1ccc2c(c1)OCC(C(=O)CBr)O2. The van der Waals surface area contributed by atoms with Gasteiger partial charge in [-0.25, -0.2) is 0 Å². The lowest BCUT2D eigenvalue weighted by atomic mass is 10.1. The van der Waals surface area contributed by atoms with Gasteiger partial charge in [0.1, 0.15) is 6.61 Å². The molecule has 1 aliphatic rings. The monoisotopic (exact) mass is 355 g/mol. The lowest BCUT2D eigenvalue weighted by molar-refractivity contribution is -0.125. The van der Waals surface area contributed by atoms with Gasteiger partial charge in [-0.15, -0.1) is 0 Å². The standard InChI is InChI=1S/C15H18BrNO4/c1-15(2,3)17-14(19)9-4-5-11-12(6-9)20-8-13(21-11)10(18)7-16/h4-6,13H,7-8H2,1-3H3,(H,17,19). The number of carbonyl (C=O) groups excluding carboxylic acids is 2. The fourth-order valence-corrected chi connectivity index (χ4v) is 2.23. The molecule has 1 N–H and O–H groups in total. The van der Waals surface area contributed by atoms with Gasteiger partial charge in [0, 0.05) is 11.1 Å². The largest absolute Gasteiger partial charge is 0.485 e. The minimum atomic E-state index is -0.605. The number of amides is 1. The smallest absolute Gasteiger partial charge is 0.251 e. The van der Waals surface area contributed by atoms with Crippen LogP contribution in [0.1, 0.15) is 31.1 Å². The second-order valence-electron chi connectivity index (χ2n) is 5.88. The quantitative estimate of drug-likeness (QED) is 0.845. The van der Waals surface area contributed by atoms with E-state index in [-0.39, 0.29) is 29.2 Å². The van der Waals surface area contributed by atoms with Crippen LogP contribution < -0.4 is 14.8 Å². The number of hydrogen-bond donors (Lipinski definition) is 1. The number of carbonyl (C=O) groups is 2. The molecule has 21 heavy (non-hydrogen) atoms. The average Bonchev–Trinajstić information content (AvgIpc) is 2.43. The number of ether oxygens (including phenoxy) is 2. The molecule has 1 atom stereocenters. The molecule has 0 bridgehead atoms. The summed E-state index contributed by atoms with van der Waals surface area (Å²) >= 11 is 3.11. The highest BCUT2D eigenvalue weighted by molar-refractivity contribution is 9.09. The highest BCUT2D eigenvalue weighted by atomic mass is 79.9. The molecule has 6 heteroatoms. The van der Waals surface area contributed by atoms with Gasteiger partial charge >= 0.3 is 0 Å². The van der Waals surface area contributed by atoms with E-state index < -0.39 is 6.10 Å². The number of alkyl halides is 1. The molecule has 0 aromatic heterocycles. The summed E-state index contributed by atoms with van der Waals surface area (Å²) < 4.78 is 11.1. The predicted octanol–water partition coefficient (Wildman–Crippen LogP) is 2.32. The summed E-state index contributed by atoms with van der Waals surface area (Å²) in [6.45, 7) is 5.90. The van der Waals surface area contributed by atoms with Crippen LogP contribution in [0.4, 0.5) is 0 Å². The van der Waals surface area contributed by atoms with Crippen molar-refractivity contribution in [1.82, 2.24) is 5.32 Å². The lowest BCUT2D eigenvalue weighted by Crippen LogP contribution is -2.40. The summed E-state index contributed by atoms with van der Waals surface area (Å²) in [5.74, 6) is 0.714. The van der Waals surface area contributed by atoms with E-state index >= 15 is 0 Å². The van der Waals surface area contributed by atoms with E-state index in [4.69, 9.17) is 9.47 Å². The van der Waals surface area contributed by atoms with Gasteiger partial charge in [-0.2, -0.15) is 0 Å². The molecule has 0 saturated heterocycles. The highest BCUT2D eigenvalue weighted by Crippen LogP contribution is 2.33. The Morgan fingerprint density at radius 1 is 1.33 bits per heavy atom. The summed E-state index contributed by atoms with van der Waals surface area (Å²) in [5, 5.41) is 3.11. The molecule has 0 radical (unpaired) electrons.